The van der Waals surface area contributed by atoms with Gasteiger partial charge in [-0.2, -0.15) is 0 Å². The summed E-state index contributed by atoms with van der Waals surface area (Å²) in [6.45, 7) is 0. The van der Waals surface area contributed by atoms with Crippen molar-refractivity contribution in [2.75, 3.05) is 0 Å². The van der Waals surface area contributed by atoms with Gasteiger partial charge >= 0.3 is 0 Å². The van der Waals surface area contributed by atoms with Crippen molar-refractivity contribution in [1.29, 1.82) is 0 Å². The molecule has 4 bridgehead atoms. The number of hydrogen-bond donors (Lipinski definition) is 0. The maximum Gasteiger partial charge on any atom is 0.0276 e. The summed E-state index contributed by atoms with van der Waals surface area (Å²) >= 11 is 6.73. The first-order chi connectivity index (χ1) is 5.57. The SMILES string of the molecule is BrC12C[C@H]3C[C@@H](C1)CC(I)(C3)C2. The van der Waals surface area contributed by atoms with Gasteiger partial charge in [0.25, 0.3) is 0 Å². The lowest BCUT2D eigenvalue weighted by Gasteiger charge is -2.58. The summed E-state index contributed by atoms with van der Waals surface area (Å²) in [5, 5.41) is 0. The van der Waals surface area contributed by atoms with Gasteiger partial charge < -0.3 is 0 Å². The number of rotatable bonds is 0. The summed E-state index contributed by atoms with van der Waals surface area (Å²) in [6, 6.07) is 0. The minimum absolute atomic E-state index is 0.568. The van der Waals surface area contributed by atoms with E-state index in [0.29, 0.717) is 7.75 Å². The third kappa shape index (κ3) is 1.20. The van der Waals surface area contributed by atoms with Crippen molar-refractivity contribution in [3.63, 3.8) is 0 Å². The molecule has 0 aromatic carbocycles. The molecule has 0 saturated heterocycles. The first-order valence-electron chi connectivity index (χ1n) is 4.95. The van der Waals surface area contributed by atoms with Crippen LogP contribution < -0.4 is 0 Å². The van der Waals surface area contributed by atoms with E-state index in [1.54, 1.807) is 0 Å². The van der Waals surface area contributed by atoms with Crippen LogP contribution in [0.15, 0.2) is 0 Å². The molecule has 12 heavy (non-hydrogen) atoms. The maximum atomic E-state index is 3.99. The first kappa shape index (κ1) is 8.51. The lowest BCUT2D eigenvalue weighted by atomic mass is 9.56. The molecule has 68 valence electrons. The molecule has 4 rings (SSSR count). The molecule has 0 aromatic heterocycles. The Morgan fingerprint density at radius 3 is 2.08 bits per heavy atom. The highest BCUT2D eigenvalue weighted by Crippen LogP contribution is 2.63. The third-order valence-corrected chi connectivity index (χ3v) is 6.11. The van der Waals surface area contributed by atoms with E-state index in [2.05, 4.69) is 38.5 Å². The Labute approximate surface area is 96.1 Å². The van der Waals surface area contributed by atoms with Crippen molar-refractivity contribution in [1.82, 2.24) is 0 Å². The van der Waals surface area contributed by atoms with E-state index in [4.69, 9.17) is 0 Å². The van der Waals surface area contributed by atoms with E-state index < -0.39 is 0 Å². The molecule has 4 aliphatic carbocycles. The Morgan fingerprint density at radius 1 is 1.08 bits per heavy atom. The Bertz CT molecular complexity index is 192. The minimum Gasteiger partial charge on any atom is -0.0853 e. The Hall–Kier alpha value is 1.21. The van der Waals surface area contributed by atoms with Crippen molar-refractivity contribution in [2.45, 2.75) is 46.3 Å². The predicted octanol–water partition coefficient (Wildman–Crippen LogP) is 3.91. The van der Waals surface area contributed by atoms with Gasteiger partial charge in [-0.05, 0) is 50.4 Å². The van der Waals surface area contributed by atoms with Gasteiger partial charge in [-0.25, -0.2) is 0 Å². The quantitative estimate of drug-likeness (QED) is 0.463. The van der Waals surface area contributed by atoms with Crippen molar-refractivity contribution in [2.24, 2.45) is 11.8 Å². The van der Waals surface area contributed by atoms with Crippen LogP contribution in [0.3, 0.4) is 0 Å². The van der Waals surface area contributed by atoms with Crippen LogP contribution in [-0.2, 0) is 0 Å². The summed E-state index contributed by atoms with van der Waals surface area (Å²) < 4.78 is 1.25. The van der Waals surface area contributed by atoms with E-state index >= 15 is 0 Å². The number of halogens is 2. The van der Waals surface area contributed by atoms with Gasteiger partial charge in [0.05, 0.1) is 0 Å². The molecule has 0 spiro atoms. The fourth-order valence-electron chi connectivity index (χ4n) is 4.04. The second kappa shape index (κ2) is 2.41. The number of hydrogen-bond acceptors (Lipinski definition) is 0. The van der Waals surface area contributed by atoms with Gasteiger partial charge in [0.1, 0.15) is 0 Å². The third-order valence-electron chi connectivity index (χ3n) is 3.92. The average molecular weight is 341 g/mol. The molecule has 4 saturated carbocycles. The van der Waals surface area contributed by atoms with Crippen molar-refractivity contribution >= 4 is 38.5 Å². The van der Waals surface area contributed by atoms with Gasteiger partial charge in [0.2, 0.25) is 0 Å². The molecule has 0 aromatic rings. The Balaban J connectivity index is 1.98. The molecule has 2 unspecified atom stereocenters. The van der Waals surface area contributed by atoms with Gasteiger partial charge in [0, 0.05) is 7.75 Å². The normalized spacial score (nSPS) is 62.5. The van der Waals surface area contributed by atoms with Crippen LogP contribution in [0.2, 0.25) is 0 Å². The smallest absolute Gasteiger partial charge is 0.0276 e. The van der Waals surface area contributed by atoms with Crippen LogP contribution in [0.1, 0.15) is 38.5 Å². The fourth-order valence-corrected chi connectivity index (χ4v) is 7.99. The van der Waals surface area contributed by atoms with Crippen molar-refractivity contribution < 1.29 is 0 Å². The summed E-state index contributed by atoms with van der Waals surface area (Å²) in [6.07, 6.45) is 8.93. The van der Waals surface area contributed by atoms with Crippen molar-refractivity contribution in [3.8, 4) is 0 Å². The van der Waals surface area contributed by atoms with Crippen LogP contribution in [-0.4, -0.2) is 7.75 Å². The first-order valence-corrected chi connectivity index (χ1v) is 6.82. The highest BCUT2D eigenvalue weighted by Gasteiger charge is 2.55. The van der Waals surface area contributed by atoms with E-state index in [1.165, 1.54) is 38.5 Å². The highest BCUT2D eigenvalue weighted by molar-refractivity contribution is 14.1. The molecule has 0 nitrogen and oxygen atoms in total. The molecule has 0 aliphatic heterocycles. The van der Waals surface area contributed by atoms with Gasteiger partial charge in [-0.3, -0.25) is 0 Å². The molecule has 4 atom stereocenters. The summed E-state index contributed by atoms with van der Waals surface area (Å²) in [5.41, 5.74) is 0. The van der Waals surface area contributed by atoms with E-state index in [1.807, 2.05) is 0 Å². The molecule has 0 amide bonds. The Kier molecular flexibility index (Phi) is 1.71. The summed E-state index contributed by atoms with van der Waals surface area (Å²) in [5.74, 6) is 2.12. The van der Waals surface area contributed by atoms with E-state index in [0.717, 1.165) is 11.8 Å². The molecule has 0 heterocycles. The molecule has 2 heteroatoms. The molecule has 0 radical (unpaired) electrons. The van der Waals surface area contributed by atoms with Crippen LogP contribution in [0, 0.1) is 11.8 Å². The lowest BCUT2D eigenvalue weighted by molar-refractivity contribution is 0.0683. The van der Waals surface area contributed by atoms with Crippen LogP contribution in [0.25, 0.3) is 0 Å². The zero-order valence-corrected chi connectivity index (χ0v) is 10.9. The minimum atomic E-state index is 0.568. The molecular weight excluding hydrogens is 327 g/mol. The largest absolute Gasteiger partial charge is 0.0853 e. The average Bonchev–Trinajstić information content (AvgIpc) is 1.75. The Morgan fingerprint density at radius 2 is 1.67 bits per heavy atom. The van der Waals surface area contributed by atoms with Crippen LogP contribution >= 0.6 is 38.5 Å². The lowest BCUT2D eigenvalue weighted by Crippen LogP contribution is -2.53. The van der Waals surface area contributed by atoms with Gasteiger partial charge in [-0.15, -0.1) is 0 Å². The zero-order chi connectivity index (χ0) is 8.40. The molecular formula is C10H14BrI. The maximum absolute atomic E-state index is 3.99. The number of alkyl halides is 2. The summed E-state index contributed by atoms with van der Waals surface area (Å²) in [4.78, 5) is 0. The van der Waals surface area contributed by atoms with E-state index in [-0.39, 0.29) is 0 Å². The van der Waals surface area contributed by atoms with Crippen LogP contribution in [0.5, 0.6) is 0 Å². The topological polar surface area (TPSA) is 0 Å². The second-order valence-electron chi connectivity index (χ2n) is 5.26. The molecule has 0 N–H and O–H groups in total. The predicted molar refractivity (Wildman–Crippen MR) is 63.1 cm³/mol. The molecule has 4 aliphatic rings. The fraction of sp³-hybridized carbons (Fsp3) is 1.00. The standard InChI is InChI=1S/C10H14BrI/c11-9-2-7-1-8(3-9)5-10(12,4-7)6-9/h7-8H,1-6H2/t7-,8+,9?,10?. The highest BCUT2D eigenvalue weighted by atomic mass is 127. The van der Waals surface area contributed by atoms with E-state index in [9.17, 15) is 0 Å². The zero-order valence-electron chi connectivity index (χ0n) is 7.15. The van der Waals surface area contributed by atoms with Gasteiger partial charge in [0.15, 0.2) is 0 Å². The molecule has 4 fully saturated rings. The van der Waals surface area contributed by atoms with Gasteiger partial charge in [-0.1, -0.05) is 38.5 Å². The van der Waals surface area contributed by atoms with Crippen molar-refractivity contribution in [3.05, 3.63) is 0 Å². The second-order valence-corrected chi connectivity index (χ2v) is 9.23. The van der Waals surface area contributed by atoms with Crippen LogP contribution in [0.4, 0.5) is 0 Å². The summed E-state index contributed by atoms with van der Waals surface area (Å²) in [7, 11) is 0. The monoisotopic (exact) mass is 340 g/mol.